The van der Waals surface area contributed by atoms with E-state index in [-0.39, 0.29) is 5.56 Å². The predicted molar refractivity (Wildman–Crippen MR) is 115 cm³/mol. The van der Waals surface area contributed by atoms with Crippen LogP contribution in [0.2, 0.25) is 0 Å². The highest BCUT2D eigenvalue weighted by Gasteiger charge is 2.09. The number of halogens is 1. The molecular formula is C23H17BrN2O. The summed E-state index contributed by atoms with van der Waals surface area (Å²) in [6.07, 6.45) is 3.88. The van der Waals surface area contributed by atoms with Gasteiger partial charge in [0.2, 0.25) is 0 Å². The van der Waals surface area contributed by atoms with Crippen molar-refractivity contribution in [3.05, 3.63) is 111 Å². The van der Waals surface area contributed by atoms with E-state index in [1.54, 1.807) is 4.57 Å². The van der Waals surface area contributed by atoms with Crippen LogP contribution in [-0.2, 0) is 6.54 Å². The van der Waals surface area contributed by atoms with Gasteiger partial charge >= 0.3 is 0 Å². The van der Waals surface area contributed by atoms with E-state index in [0.717, 1.165) is 15.6 Å². The topological polar surface area (TPSA) is 34.9 Å². The van der Waals surface area contributed by atoms with Crippen molar-refractivity contribution in [1.82, 2.24) is 9.55 Å². The quantitative estimate of drug-likeness (QED) is 0.447. The largest absolute Gasteiger partial charge is 0.288 e. The Hall–Kier alpha value is -2.98. The Labute approximate surface area is 165 Å². The van der Waals surface area contributed by atoms with Gasteiger partial charge in [0, 0.05) is 4.47 Å². The van der Waals surface area contributed by atoms with Crippen molar-refractivity contribution in [2.45, 2.75) is 6.54 Å². The van der Waals surface area contributed by atoms with Crippen molar-refractivity contribution < 1.29 is 0 Å². The monoisotopic (exact) mass is 416 g/mol. The Bertz CT molecular complexity index is 1180. The van der Waals surface area contributed by atoms with Gasteiger partial charge in [-0.25, -0.2) is 4.98 Å². The standard InChI is InChI=1S/C23H17BrN2O/c24-19-10-6-9-17(15-19)13-14-22-25-21-12-5-4-11-20(21)23(27)26(22)16-18-7-2-1-3-8-18/h1-15H,16H2/b14-13+. The summed E-state index contributed by atoms with van der Waals surface area (Å²) in [5, 5.41) is 0.632. The molecule has 1 heterocycles. The van der Waals surface area contributed by atoms with Gasteiger partial charge in [0.05, 0.1) is 17.4 Å². The van der Waals surface area contributed by atoms with Crippen LogP contribution in [0.25, 0.3) is 23.1 Å². The number of fused-ring (bicyclic) bond motifs is 1. The van der Waals surface area contributed by atoms with E-state index in [1.807, 2.05) is 91.0 Å². The molecule has 0 aliphatic carbocycles. The summed E-state index contributed by atoms with van der Waals surface area (Å²) < 4.78 is 2.74. The van der Waals surface area contributed by atoms with E-state index in [0.29, 0.717) is 23.3 Å². The van der Waals surface area contributed by atoms with E-state index in [1.165, 1.54) is 0 Å². The molecule has 27 heavy (non-hydrogen) atoms. The van der Waals surface area contributed by atoms with Gasteiger partial charge in [0.25, 0.3) is 5.56 Å². The van der Waals surface area contributed by atoms with Gasteiger partial charge in [0.1, 0.15) is 5.82 Å². The Morgan fingerprint density at radius 3 is 2.48 bits per heavy atom. The average molecular weight is 417 g/mol. The van der Waals surface area contributed by atoms with Gasteiger partial charge in [-0.2, -0.15) is 0 Å². The van der Waals surface area contributed by atoms with Crippen molar-refractivity contribution in [2.75, 3.05) is 0 Å². The Morgan fingerprint density at radius 1 is 0.889 bits per heavy atom. The van der Waals surface area contributed by atoms with Gasteiger partial charge in [-0.1, -0.05) is 76.6 Å². The lowest BCUT2D eigenvalue weighted by Gasteiger charge is -2.11. The first-order chi connectivity index (χ1) is 13.2. The highest BCUT2D eigenvalue weighted by molar-refractivity contribution is 9.10. The first-order valence-corrected chi connectivity index (χ1v) is 9.47. The zero-order chi connectivity index (χ0) is 18.6. The van der Waals surface area contributed by atoms with Crippen molar-refractivity contribution >= 4 is 39.0 Å². The highest BCUT2D eigenvalue weighted by atomic mass is 79.9. The third-order valence-corrected chi connectivity index (χ3v) is 4.84. The first kappa shape index (κ1) is 17.4. The molecule has 0 bridgehead atoms. The molecule has 0 spiro atoms. The molecule has 0 amide bonds. The fourth-order valence-electron chi connectivity index (χ4n) is 3.01. The van der Waals surface area contributed by atoms with E-state index >= 15 is 0 Å². The van der Waals surface area contributed by atoms with Crippen molar-refractivity contribution in [3.8, 4) is 0 Å². The number of nitrogens with zero attached hydrogens (tertiary/aromatic N) is 2. The third-order valence-electron chi connectivity index (χ3n) is 4.35. The molecule has 0 atom stereocenters. The van der Waals surface area contributed by atoms with E-state index < -0.39 is 0 Å². The molecule has 3 aromatic carbocycles. The maximum absolute atomic E-state index is 13.1. The van der Waals surface area contributed by atoms with Gasteiger partial charge in [-0.15, -0.1) is 0 Å². The lowest BCUT2D eigenvalue weighted by molar-refractivity contribution is 0.738. The van der Waals surface area contributed by atoms with E-state index in [4.69, 9.17) is 4.98 Å². The summed E-state index contributed by atoms with van der Waals surface area (Å²) in [5.41, 5.74) is 2.78. The number of rotatable bonds is 4. The number of hydrogen-bond donors (Lipinski definition) is 0. The summed E-state index contributed by atoms with van der Waals surface area (Å²) in [6, 6.07) is 25.4. The Kier molecular flexibility index (Phi) is 4.99. The summed E-state index contributed by atoms with van der Waals surface area (Å²) in [5.74, 6) is 0.641. The lowest BCUT2D eigenvalue weighted by atomic mass is 10.2. The van der Waals surface area contributed by atoms with Crippen LogP contribution in [0.4, 0.5) is 0 Å². The number of benzene rings is 3. The van der Waals surface area contributed by atoms with Crippen LogP contribution in [-0.4, -0.2) is 9.55 Å². The molecule has 0 saturated carbocycles. The molecule has 0 unspecified atom stereocenters. The third kappa shape index (κ3) is 3.91. The minimum Gasteiger partial charge on any atom is -0.288 e. The second kappa shape index (κ2) is 7.72. The summed E-state index contributed by atoms with van der Waals surface area (Å²) in [7, 11) is 0. The van der Waals surface area contributed by atoms with E-state index in [2.05, 4.69) is 15.9 Å². The SMILES string of the molecule is O=c1c2ccccc2nc(/C=C/c2cccc(Br)c2)n1Cc1ccccc1. The normalized spacial score (nSPS) is 11.3. The van der Waals surface area contributed by atoms with Crippen LogP contribution in [0.5, 0.6) is 0 Å². The number of aromatic nitrogens is 2. The minimum atomic E-state index is -0.0293. The molecule has 0 aliphatic rings. The van der Waals surface area contributed by atoms with Crippen molar-refractivity contribution in [2.24, 2.45) is 0 Å². The number of hydrogen-bond acceptors (Lipinski definition) is 2. The molecule has 0 aliphatic heterocycles. The van der Waals surface area contributed by atoms with Crippen LogP contribution < -0.4 is 5.56 Å². The molecule has 3 nitrogen and oxygen atoms in total. The predicted octanol–water partition coefficient (Wildman–Crippen LogP) is 5.38. The van der Waals surface area contributed by atoms with Crippen LogP contribution in [0.1, 0.15) is 17.0 Å². The zero-order valence-corrected chi connectivity index (χ0v) is 16.1. The first-order valence-electron chi connectivity index (χ1n) is 8.68. The van der Waals surface area contributed by atoms with Crippen LogP contribution in [0.15, 0.2) is 88.1 Å². The van der Waals surface area contributed by atoms with Crippen molar-refractivity contribution in [3.63, 3.8) is 0 Å². The van der Waals surface area contributed by atoms with Crippen LogP contribution >= 0.6 is 15.9 Å². The Morgan fingerprint density at radius 2 is 1.67 bits per heavy atom. The summed E-state index contributed by atoms with van der Waals surface area (Å²) >= 11 is 3.49. The maximum Gasteiger partial charge on any atom is 0.261 e. The Balaban J connectivity index is 1.84. The summed E-state index contributed by atoms with van der Waals surface area (Å²) in [4.78, 5) is 17.8. The second-order valence-electron chi connectivity index (χ2n) is 6.25. The molecule has 0 radical (unpaired) electrons. The number of para-hydroxylation sites is 1. The molecule has 0 N–H and O–H groups in total. The van der Waals surface area contributed by atoms with E-state index in [9.17, 15) is 4.79 Å². The van der Waals surface area contributed by atoms with Gasteiger partial charge in [-0.3, -0.25) is 9.36 Å². The second-order valence-corrected chi connectivity index (χ2v) is 7.17. The maximum atomic E-state index is 13.1. The zero-order valence-electron chi connectivity index (χ0n) is 14.5. The van der Waals surface area contributed by atoms with Gasteiger partial charge < -0.3 is 0 Å². The van der Waals surface area contributed by atoms with Gasteiger partial charge in [0.15, 0.2) is 0 Å². The van der Waals surface area contributed by atoms with Crippen molar-refractivity contribution in [1.29, 1.82) is 0 Å². The molecule has 132 valence electrons. The lowest BCUT2D eigenvalue weighted by Crippen LogP contribution is -2.24. The molecular weight excluding hydrogens is 400 g/mol. The molecule has 0 saturated heterocycles. The smallest absolute Gasteiger partial charge is 0.261 e. The molecule has 1 aromatic heterocycles. The molecule has 4 heteroatoms. The average Bonchev–Trinajstić information content (AvgIpc) is 2.70. The fraction of sp³-hybridized carbons (Fsp3) is 0.0435. The van der Waals surface area contributed by atoms with Gasteiger partial charge in [-0.05, 0) is 41.5 Å². The molecule has 4 aromatic rings. The minimum absolute atomic E-state index is 0.0293. The summed E-state index contributed by atoms with van der Waals surface area (Å²) in [6.45, 7) is 0.482. The van der Waals surface area contributed by atoms with Crippen LogP contribution in [0.3, 0.4) is 0 Å². The molecule has 4 rings (SSSR count). The van der Waals surface area contributed by atoms with Crippen LogP contribution in [0, 0.1) is 0 Å². The highest BCUT2D eigenvalue weighted by Crippen LogP contribution is 2.15. The fourth-order valence-corrected chi connectivity index (χ4v) is 3.43. The molecule has 0 fully saturated rings.